The monoisotopic (exact) mass is 308 g/mol. The molecule has 0 saturated carbocycles. The van der Waals surface area contributed by atoms with Crippen LogP contribution in [0, 0.1) is 0 Å². The second kappa shape index (κ2) is 10.4. The Morgan fingerprint density at radius 2 is 2.09 bits per heavy atom. The van der Waals surface area contributed by atoms with Crippen molar-refractivity contribution in [3.05, 3.63) is 36.4 Å². The van der Waals surface area contributed by atoms with E-state index in [0.29, 0.717) is 31.7 Å². The zero-order chi connectivity index (χ0) is 16.2. The highest BCUT2D eigenvalue weighted by Gasteiger charge is 2.03. The molecule has 0 fully saturated rings. The Morgan fingerprint density at radius 3 is 2.73 bits per heavy atom. The number of carbonyl (C=O) groups is 1. The van der Waals surface area contributed by atoms with Gasteiger partial charge < -0.3 is 21.2 Å². The van der Waals surface area contributed by atoms with Crippen LogP contribution in [-0.4, -0.2) is 19.1 Å². The predicted molar refractivity (Wildman–Crippen MR) is 84.3 cm³/mol. The molecule has 1 rings (SSSR count). The Bertz CT molecular complexity index is 473. The fraction of sp³-hybridized carbons (Fsp3) is 0.467. The lowest BCUT2D eigenvalue weighted by Gasteiger charge is -2.07. The van der Waals surface area contributed by atoms with E-state index in [1.165, 1.54) is 6.20 Å². The van der Waals surface area contributed by atoms with Crippen LogP contribution < -0.4 is 31.6 Å². The zero-order valence-electron chi connectivity index (χ0n) is 13.0. The maximum absolute atomic E-state index is 11.6. The van der Waals surface area contributed by atoms with Gasteiger partial charge in [-0.2, -0.15) is 0 Å². The second-order valence-electron chi connectivity index (χ2n) is 4.86. The van der Waals surface area contributed by atoms with E-state index in [0.717, 1.165) is 18.7 Å². The maximum atomic E-state index is 11.6. The molecule has 0 aliphatic heterocycles. The van der Waals surface area contributed by atoms with Crippen LogP contribution in [0.1, 0.15) is 26.2 Å². The highest BCUT2D eigenvalue weighted by atomic mass is 16.5. The summed E-state index contributed by atoms with van der Waals surface area (Å²) in [5, 5.41) is 2.77. The van der Waals surface area contributed by atoms with Crippen molar-refractivity contribution in [2.45, 2.75) is 32.7 Å². The predicted octanol–water partition coefficient (Wildman–Crippen LogP) is -0.0773. The average Bonchev–Trinajstić information content (AvgIpc) is 2.49. The third-order valence-corrected chi connectivity index (χ3v) is 2.94. The van der Waals surface area contributed by atoms with Crippen LogP contribution >= 0.6 is 0 Å². The van der Waals surface area contributed by atoms with Gasteiger partial charge in [-0.3, -0.25) is 10.6 Å². The second-order valence-corrected chi connectivity index (χ2v) is 4.86. The van der Waals surface area contributed by atoms with Crippen molar-refractivity contribution in [3.8, 4) is 5.75 Å². The fourth-order valence-corrected chi connectivity index (χ4v) is 1.82. The molecule has 1 aromatic heterocycles. The number of hydrazine groups is 1. The Kier molecular flexibility index (Phi) is 8.44. The number of amides is 1. The number of rotatable bonds is 10. The van der Waals surface area contributed by atoms with Crippen molar-refractivity contribution in [2.75, 3.05) is 13.2 Å². The molecule has 22 heavy (non-hydrogen) atoms. The largest absolute Gasteiger partial charge is 0.493 e. The molecule has 122 valence electrons. The molecule has 0 bridgehead atoms. The fourth-order valence-electron chi connectivity index (χ4n) is 1.82. The normalized spacial score (nSPS) is 11.1. The molecule has 0 atom stereocenters. The summed E-state index contributed by atoms with van der Waals surface area (Å²) in [6, 6.07) is 3.80. The quantitative estimate of drug-likeness (QED) is 0.275. The Balaban J connectivity index is 2.17. The molecule has 0 aromatic carbocycles. The highest BCUT2D eigenvalue weighted by molar-refractivity contribution is 5.75. The van der Waals surface area contributed by atoms with Gasteiger partial charge in [0.15, 0.2) is 12.4 Å². The lowest BCUT2D eigenvalue weighted by atomic mass is 10.3. The van der Waals surface area contributed by atoms with E-state index < -0.39 is 0 Å². The minimum atomic E-state index is -0.0644. The number of nitrogens with one attached hydrogen (secondary N) is 2. The summed E-state index contributed by atoms with van der Waals surface area (Å²) in [6.07, 6.45) is 7.39. The molecule has 0 aliphatic rings. The average molecular weight is 308 g/mol. The van der Waals surface area contributed by atoms with E-state index in [1.807, 2.05) is 24.5 Å². The summed E-state index contributed by atoms with van der Waals surface area (Å²) in [6.45, 7) is 3.94. The van der Waals surface area contributed by atoms with Gasteiger partial charge in [0.25, 0.3) is 0 Å². The molecule has 0 radical (unpaired) electrons. The Morgan fingerprint density at radius 1 is 1.36 bits per heavy atom. The van der Waals surface area contributed by atoms with Gasteiger partial charge in [0.05, 0.1) is 13.0 Å². The number of nitrogens with two attached hydrogens (primary N) is 2. The van der Waals surface area contributed by atoms with Gasteiger partial charge in [-0.25, -0.2) is 4.57 Å². The zero-order valence-corrected chi connectivity index (χ0v) is 13.0. The molecule has 0 aliphatic carbocycles. The number of hydrogen-bond acceptors (Lipinski definition) is 5. The Labute approximate surface area is 131 Å². The van der Waals surface area contributed by atoms with Crippen molar-refractivity contribution >= 4 is 5.91 Å². The van der Waals surface area contributed by atoms with Crippen LogP contribution in [0.3, 0.4) is 0 Å². The molecule has 1 aromatic rings. The summed E-state index contributed by atoms with van der Waals surface area (Å²) in [5.74, 6) is 5.80. The number of pyridine rings is 1. The highest BCUT2D eigenvalue weighted by Crippen LogP contribution is 2.06. The van der Waals surface area contributed by atoms with E-state index in [-0.39, 0.29) is 5.91 Å². The smallest absolute Gasteiger partial charge is 0.223 e. The molecule has 7 heteroatoms. The van der Waals surface area contributed by atoms with E-state index in [1.54, 1.807) is 0 Å². The molecule has 6 N–H and O–H groups in total. The first-order valence-electron chi connectivity index (χ1n) is 7.45. The van der Waals surface area contributed by atoms with Crippen LogP contribution in [0.2, 0.25) is 0 Å². The lowest BCUT2D eigenvalue weighted by molar-refractivity contribution is -0.697. The molecular formula is C15H26N5O2+. The lowest BCUT2D eigenvalue weighted by Crippen LogP contribution is -2.32. The number of ether oxygens (including phenoxy) is 1. The summed E-state index contributed by atoms with van der Waals surface area (Å²) in [5.41, 5.74) is 8.56. The summed E-state index contributed by atoms with van der Waals surface area (Å²) in [7, 11) is 0. The van der Waals surface area contributed by atoms with Gasteiger partial charge in [0.1, 0.15) is 12.3 Å². The molecule has 1 amide bonds. The first kappa shape index (κ1) is 17.8. The van der Waals surface area contributed by atoms with Crippen molar-refractivity contribution in [2.24, 2.45) is 11.6 Å². The van der Waals surface area contributed by atoms with Crippen molar-refractivity contribution in [1.82, 2.24) is 10.7 Å². The van der Waals surface area contributed by atoms with E-state index in [4.69, 9.17) is 16.3 Å². The first-order chi connectivity index (χ1) is 10.7. The van der Waals surface area contributed by atoms with Crippen molar-refractivity contribution in [3.63, 3.8) is 0 Å². The van der Waals surface area contributed by atoms with Crippen molar-refractivity contribution in [1.29, 1.82) is 0 Å². The van der Waals surface area contributed by atoms with Crippen molar-refractivity contribution < 1.29 is 14.1 Å². The third kappa shape index (κ3) is 7.49. The van der Waals surface area contributed by atoms with Crippen LogP contribution in [0.5, 0.6) is 5.75 Å². The molecular weight excluding hydrogens is 282 g/mol. The molecule has 7 nitrogen and oxygen atoms in total. The molecule has 1 heterocycles. The SMILES string of the molecule is CCC[n+]1ccc(OCCC(=O)NCC/C(N)=C/NN)cc1. The van der Waals surface area contributed by atoms with Crippen LogP contribution in [-0.2, 0) is 11.3 Å². The number of aryl methyl sites for hydroxylation is 1. The molecule has 0 unspecified atom stereocenters. The molecule has 0 spiro atoms. The van der Waals surface area contributed by atoms with Crippen LogP contribution in [0.4, 0.5) is 0 Å². The molecule has 0 saturated heterocycles. The first-order valence-corrected chi connectivity index (χ1v) is 7.45. The van der Waals surface area contributed by atoms with Gasteiger partial charge >= 0.3 is 0 Å². The van der Waals surface area contributed by atoms with Crippen LogP contribution in [0.15, 0.2) is 36.4 Å². The van der Waals surface area contributed by atoms with Gasteiger partial charge in [-0.1, -0.05) is 6.92 Å². The maximum Gasteiger partial charge on any atom is 0.223 e. The standard InChI is InChI=1S/C15H25N5O2/c1-2-8-20-9-4-14(5-10-20)22-11-6-15(21)18-7-3-13(16)12-19-17/h4-5,9-10,12,19H,2-3,6-8,11,16-17H2,1H3/p+1/b13-12-. The number of carbonyl (C=O) groups excluding carboxylic acids is 1. The van der Waals surface area contributed by atoms with Gasteiger partial charge in [-0.15, -0.1) is 0 Å². The minimum absolute atomic E-state index is 0.0644. The number of aromatic nitrogens is 1. The summed E-state index contributed by atoms with van der Waals surface area (Å²) < 4.78 is 7.63. The Hall–Kier alpha value is -2.28. The van der Waals surface area contributed by atoms with E-state index >= 15 is 0 Å². The van der Waals surface area contributed by atoms with E-state index in [9.17, 15) is 4.79 Å². The van der Waals surface area contributed by atoms with Gasteiger partial charge in [-0.05, 0) is 0 Å². The van der Waals surface area contributed by atoms with E-state index in [2.05, 4.69) is 22.2 Å². The van der Waals surface area contributed by atoms with Crippen LogP contribution in [0.25, 0.3) is 0 Å². The minimum Gasteiger partial charge on any atom is -0.493 e. The third-order valence-electron chi connectivity index (χ3n) is 2.94. The van der Waals surface area contributed by atoms with Gasteiger partial charge in [0.2, 0.25) is 5.91 Å². The summed E-state index contributed by atoms with van der Waals surface area (Å²) in [4.78, 5) is 11.6. The number of nitrogens with zero attached hydrogens (tertiary/aromatic N) is 1. The number of hydrogen-bond donors (Lipinski definition) is 4. The summed E-state index contributed by atoms with van der Waals surface area (Å²) >= 11 is 0. The van der Waals surface area contributed by atoms with Gasteiger partial charge in [0, 0.05) is 43.4 Å². The topological polar surface area (TPSA) is 106 Å².